The third-order valence-electron chi connectivity index (χ3n) is 5.53. The standard InChI is InChI=1S/C25H15ClF6N4O2S/c1-9-10(26)5-4-8-12(9)34-23(37)14-20(33)22(39-25(14)35-13-7-3-2-6-11(13)27)24(38)36-21-18(31)16(29)15(28)17(30)19(21)32/h2-8,22H,33H2,1H3,(H,34,37)(H,36,38)/t22-/m0/s1. The minimum atomic E-state index is -2.41. The summed E-state index contributed by atoms with van der Waals surface area (Å²) in [5, 5.41) is 2.66. The van der Waals surface area contributed by atoms with E-state index in [1.807, 2.05) is 0 Å². The van der Waals surface area contributed by atoms with Crippen LogP contribution in [0.1, 0.15) is 5.56 Å². The van der Waals surface area contributed by atoms with Crippen LogP contribution in [0.3, 0.4) is 0 Å². The number of carbonyl (C=O) groups is 2. The van der Waals surface area contributed by atoms with Crippen molar-refractivity contribution in [3.8, 4) is 0 Å². The van der Waals surface area contributed by atoms with Gasteiger partial charge in [0.05, 0.1) is 5.57 Å². The van der Waals surface area contributed by atoms with E-state index in [4.69, 9.17) is 17.3 Å². The largest absolute Gasteiger partial charge is 0.400 e. The van der Waals surface area contributed by atoms with Crippen LogP contribution < -0.4 is 16.4 Å². The van der Waals surface area contributed by atoms with E-state index in [1.165, 1.54) is 24.3 Å². The number of hydrogen-bond donors (Lipinski definition) is 3. The molecule has 0 aromatic heterocycles. The van der Waals surface area contributed by atoms with Crippen molar-refractivity contribution < 1.29 is 35.9 Å². The van der Waals surface area contributed by atoms with Crippen molar-refractivity contribution in [1.82, 2.24) is 0 Å². The molecule has 3 aromatic rings. The van der Waals surface area contributed by atoms with Gasteiger partial charge in [0.25, 0.3) is 5.91 Å². The summed E-state index contributed by atoms with van der Waals surface area (Å²) >= 11 is 6.60. The third-order valence-corrected chi connectivity index (χ3v) is 7.16. The molecular formula is C25H15ClF6N4O2S. The van der Waals surface area contributed by atoms with E-state index in [9.17, 15) is 35.9 Å². The molecule has 3 aromatic carbocycles. The highest BCUT2D eigenvalue weighted by molar-refractivity contribution is 8.16. The Morgan fingerprint density at radius 3 is 2.15 bits per heavy atom. The summed E-state index contributed by atoms with van der Waals surface area (Å²) in [4.78, 5) is 30.3. The smallest absolute Gasteiger partial charge is 0.260 e. The van der Waals surface area contributed by atoms with E-state index < -0.39 is 63.4 Å². The van der Waals surface area contributed by atoms with Crippen LogP contribution in [0.4, 0.5) is 43.4 Å². The maximum atomic E-state index is 14.3. The Bertz CT molecular complexity index is 1570. The molecule has 1 heterocycles. The molecule has 0 saturated heterocycles. The van der Waals surface area contributed by atoms with Crippen LogP contribution >= 0.6 is 23.4 Å². The van der Waals surface area contributed by atoms with Crippen molar-refractivity contribution in [3.05, 3.63) is 99.2 Å². The zero-order valence-electron chi connectivity index (χ0n) is 19.5. The lowest BCUT2D eigenvalue weighted by atomic mass is 10.1. The Hall–Kier alpha value is -3.97. The molecule has 202 valence electrons. The normalized spacial score (nSPS) is 16.1. The van der Waals surface area contributed by atoms with Gasteiger partial charge in [-0.3, -0.25) is 9.59 Å². The van der Waals surface area contributed by atoms with Crippen molar-refractivity contribution >= 4 is 57.3 Å². The van der Waals surface area contributed by atoms with Crippen molar-refractivity contribution in [2.45, 2.75) is 12.2 Å². The monoisotopic (exact) mass is 584 g/mol. The minimum Gasteiger partial charge on any atom is -0.400 e. The number of nitrogens with two attached hydrogens (primary N) is 1. The first-order valence-electron chi connectivity index (χ1n) is 10.8. The van der Waals surface area contributed by atoms with Gasteiger partial charge in [0, 0.05) is 16.4 Å². The van der Waals surface area contributed by atoms with Crippen LogP contribution in [-0.2, 0) is 9.59 Å². The van der Waals surface area contributed by atoms with Crippen molar-refractivity contribution in [2.24, 2.45) is 10.7 Å². The number of thioether (sulfide) groups is 1. The summed E-state index contributed by atoms with van der Waals surface area (Å²) in [5.74, 6) is -14.5. The fraction of sp³-hybridized carbons (Fsp3) is 0.0800. The van der Waals surface area contributed by atoms with Gasteiger partial charge < -0.3 is 16.4 Å². The zero-order chi connectivity index (χ0) is 28.6. The molecule has 0 spiro atoms. The quantitative estimate of drug-likeness (QED) is 0.191. The van der Waals surface area contributed by atoms with Crippen LogP contribution in [0.15, 0.2) is 58.7 Å². The first-order valence-corrected chi connectivity index (χ1v) is 12.1. The molecule has 0 bridgehead atoms. The number of hydrogen-bond acceptors (Lipinski definition) is 5. The van der Waals surface area contributed by atoms with E-state index in [2.05, 4.69) is 10.3 Å². The van der Waals surface area contributed by atoms with Crippen LogP contribution in [0, 0.1) is 41.8 Å². The predicted octanol–water partition coefficient (Wildman–Crippen LogP) is 6.12. The Morgan fingerprint density at radius 2 is 1.51 bits per heavy atom. The Morgan fingerprint density at radius 1 is 0.897 bits per heavy atom. The maximum absolute atomic E-state index is 14.3. The zero-order valence-corrected chi connectivity index (χ0v) is 21.1. The number of halogens is 7. The molecule has 4 N–H and O–H groups in total. The van der Waals surface area contributed by atoms with E-state index in [1.54, 1.807) is 24.4 Å². The highest BCUT2D eigenvalue weighted by Crippen LogP contribution is 2.37. The molecule has 6 nitrogen and oxygen atoms in total. The van der Waals surface area contributed by atoms with E-state index >= 15 is 0 Å². The van der Waals surface area contributed by atoms with Gasteiger partial charge in [-0.1, -0.05) is 41.6 Å². The van der Waals surface area contributed by atoms with Crippen molar-refractivity contribution in [2.75, 3.05) is 10.6 Å². The van der Waals surface area contributed by atoms with Gasteiger partial charge in [0.15, 0.2) is 23.3 Å². The first kappa shape index (κ1) is 28.0. The summed E-state index contributed by atoms with van der Waals surface area (Å²) in [5.41, 5.74) is 4.18. The number of anilines is 2. The highest BCUT2D eigenvalue weighted by atomic mass is 35.5. The van der Waals surface area contributed by atoms with E-state index in [0.717, 1.165) is 6.07 Å². The van der Waals surface area contributed by atoms with Crippen LogP contribution in [0.2, 0.25) is 5.02 Å². The molecule has 1 atom stereocenters. The van der Waals surface area contributed by atoms with Gasteiger partial charge in [-0.2, -0.15) is 0 Å². The maximum Gasteiger partial charge on any atom is 0.260 e. The number of amides is 2. The predicted molar refractivity (Wildman–Crippen MR) is 136 cm³/mol. The van der Waals surface area contributed by atoms with Gasteiger partial charge in [0.2, 0.25) is 11.7 Å². The fourth-order valence-electron chi connectivity index (χ4n) is 3.48. The SMILES string of the molecule is Cc1c(Cl)cccc1NC(=O)C1=C(N)[C@@H](C(=O)Nc2c(F)c(F)c(F)c(F)c2F)SC1=Nc1ccccc1F. The molecule has 0 radical (unpaired) electrons. The summed E-state index contributed by atoms with van der Waals surface area (Å²) in [6, 6.07) is 9.88. The highest BCUT2D eigenvalue weighted by Gasteiger charge is 2.40. The molecule has 0 fully saturated rings. The molecule has 2 amide bonds. The van der Waals surface area contributed by atoms with Crippen LogP contribution in [0.5, 0.6) is 0 Å². The minimum absolute atomic E-state index is 0.224. The fourth-order valence-corrected chi connectivity index (χ4v) is 4.76. The molecule has 1 aliphatic rings. The molecule has 0 saturated carbocycles. The summed E-state index contributed by atoms with van der Waals surface area (Å²) in [6.45, 7) is 1.62. The number of para-hydroxylation sites is 1. The average molecular weight is 585 g/mol. The van der Waals surface area contributed by atoms with Crippen molar-refractivity contribution in [1.29, 1.82) is 0 Å². The second kappa shape index (κ2) is 11.0. The third kappa shape index (κ3) is 5.32. The van der Waals surface area contributed by atoms with Gasteiger partial charge in [0.1, 0.15) is 27.5 Å². The topological polar surface area (TPSA) is 96.6 Å². The Balaban J connectivity index is 1.75. The molecule has 0 aliphatic carbocycles. The number of aliphatic imine (C=N–C) groups is 1. The second-order valence-corrected chi connectivity index (χ2v) is 9.50. The van der Waals surface area contributed by atoms with E-state index in [0.29, 0.717) is 22.3 Å². The molecule has 4 rings (SSSR count). The number of benzene rings is 3. The molecule has 1 aliphatic heterocycles. The van der Waals surface area contributed by atoms with Gasteiger partial charge in [-0.25, -0.2) is 31.3 Å². The lowest BCUT2D eigenvalue weighted by Gasteiger charge is -2.14. The molecule has 39 heavy (non-hydrogen) atoms. The summed E-state index contributed by atoms with van der Waals surface area (Å²) in [7, 11) is 0. The molecule has 0 unspecified atom stereocenters. The van der Waals surface area contributed by atoms with Crippen LogP contribution in [-0.4, -0.2) is 22.1 Å². The second-order valence-electron chi connectivity index (χ2n) is 8.00. The first-order chi connectivity index (χ1) is 18.4. The molecule has 14 heteroatoms. The molecular weight excluding hydrogens is 570 g/mol. The average Bonchev–Trinajstić information content (AvgIpc) is 3.23. The van der Waals surface area contributed by atoms with Gasteiger partial charge >= 0.3 is 0 Å². The lowest BCUT2D eigenvalue weighted by molar-refractivity contribution is -0.115. The Labute approximate surface area is 225 Å². The number of rotatable bonds is 5. The number of carbonyl (C=O) groups excluding carboxylic acids is 2. The van der Waals surface area contributed by atoms with Crippen LogP contribution in [0.25, 0.3) is 0 Å². The van der Waals surface area contributed by atoms with E-state index in [-0.39, 0.29) is 22.0 Å². The number of nitrogens with zero attached hydrogens (tertiary/aromatic N) is 1. The lowest BCUT2D eigenvalue weighted by Crippen LogP contribution is -2.30. The summed E-state index contributed by atoms with van der Waals surface area (Å²) in [6.07, 6.45) is 0. The Kier molecular flexibility index (Phi) is 7.93. The number of nitrogens with one attached hydrogen (secondary N) is 2. The van der Waals surface area contributed by atoms with Gasteiger partial charge in [-0.05, 0) is 36.8 Å². The summed E-state index contributed by atoms with van der Waals surface area (Å²) < 4.78 is 83.2. The van der Waals surface area contributed by atoms with Crippen molar-refractivity contribution in [3.63, 3.8) is 0 Å². The van der Waals surface area contributed by atoms with Gasteiger partial charge in [-0.15, -0.1) is 0 Å².